The maximum atomic E-state index is 12.6. The molecule has 0 saturated heterocycles. The van der Waals surface area contributed by atoms with Crippen molar-refractivity contribution in [3.05, 3.63) is 48.5 Å². The molecule has 176 valence electrons. The van der Waals surface area contributed by atoms with Gasteiger partial charge in [0.2, 0.25) is 0 Å². The van der Waals surface area contributed by atoms with Gasteiger partial charge in [-0.05, 0) is 18.2 Å². The molecular weight excluding hydrogens is 448 g/mol. The van der Waals surface area contributed by atoms with Crippen molar-refractivity contribution in [2.75, 3.05) is 33.5 Å². The van der Waals surface area contributed by atoms with E-state index in [0.717, 1.165) is 16.5 Å². The number of nitrogens with one attached hydrogen (secondary N) is 3. The van der Waals surface area contributed by atoms with Gasteiger partial charge < -0.3 is 20.1 Å². The molecule has 12 heteroatoms. The minimum Gasteiger partial charge on any atom is -0.345 e. The third kappa shape index (κ3) is 4.01. The molecule has 0 bridgehead atoms. The Morgan fingerprint density at radius 2 is 1.74 bits per heavy atom. The van der Waals surface area contributed by atoms with Crippen LogP contribution < -0.4 is 5.32 Å². The quantitative estimate of drug-likeness (QED) is 0.366. The average molecular weight is 470 g/mol. The number of urea groups is 1. The van der Waals surface area contributed by atoms with E-state index >= 15 is 0 Å². The number of fused-ring (bicyclic) bond motifs is 2. The van der Waals surface area contributed by atoms with Gasteiger partial charge >= 0.3 is 6.03 Å². The fraction of sp³-hybridized carbons (Fsp3) is 0.174. The Hall–Kier alpha value is -4.87. The van der Waals surface area contributed by atoms with E-state index in [9.17, 15) is 9.59 Å². The van der Waals surface area contributed by atoms with Crippen LogP contribution in [0.25, 0.3) is 44.8 Å². The molecule has 0 aliphatic heterocycles. The van der Waals surface area contributed by atoms with E-state index in [1.165, 1.54) is 9.80 Å². The van der Waals surface area contributed by atoms with Crippen LogP contribution in [0.2, 0.25) is 0 Å². The van der Waals surface area contributed by atoms with Crippen molar-refractivity contribution >= 4 is 39.8 Å². The molecule has 0 unspecified atom stereocenters. The normalized spacial score (nSPS) is 11.1. The second-order valence-electron chi connectivity index (χ2n) is 8.32. The first kappa shape index (κ1) is 21.9. The predicted molar refractivity (Wildman–Crippen MR) is 131 cm³/mol. The average Bonchev–Trinajstić information content (AvgIpc) is 3.47. The molecule has 5 rings (SSSR count). The van der Waals surface area contributed by atoms with Crippen LogP contribution in [0.1, 0.15) is 10.4 Å². The number of aromatic amines is 2. The lowest BCUT2D eigenvalue weighted by Gasteiger charge is -2.12. The second-order valence-corrected chi connectivity index (χ2v) is 8.32. The summed E-state index contributed by atoms with van der Waals surface area (Å²) in [7, 11) is 6.71. The molecule has 3 amide bonds. The molecule has 3 N–H and O–H groups in total. The highest BCUT2D eigenvalue weighted by molar-refractivity contribution is 6.04. The zero-order valence-electron chi connectivity index (χ0n) is 19.5. The van der Waals surface area contributed by atoms with Crippen LogP contribution in [0.15, 0.2) is 43.0 Å². The number of H-pyrrole nitrogens is 2. The fourth-order valence-corrected chi connectivity index (χ4v) is 3.59. The highest BCUT2D eigenvalue weighted by Crippen LogP contribution is 2.30. The van der Waals surface area contributed by atoms with Crippen LogP contribution in [-0.2, 0) is 0 Å². The first-order chi connectivity index (χ1) is 16.8. The van der Waals surface area contributed by atoms with Crippen molar-refractivity contribution in [1.29, 1.82) is 0 Å². The number of pyridine rings is 3. The minimum absolute atomic E-state index is 0.153. The second kappa shape index (κ2) is 8.48. The Morgan fingerprint density at radius 3 is 2.51 bits per heavy atom. The smallest absolute Gasteiger partial charge is 0.321 e. The fourth-order valence-electron chi connectivity index (χ4n) is 3.59. The summed E-state index contributed by atoms with van der Waals surface area (Å²) in [4.78, 5) is 48.3. The van der Waals surface area contributed by atoms with Crippen LogP contribution in [0.4, 0.5) is 10.5 Å². The van der Waals surface area contributed by atoms with Crippen LogP contribution in [-0.4, -0.2) is 85.0 Å². The van der Waals surface area contributed by atoms with Crippen molar-refractivity contribution in [1.82, 2.24) is 44.9 Å². The Labute approximate surface area is 199 Å². The van der Waals surface area contributed by atoms with Gasteiger partial charge in [0.25, 0.3) is 5.91 Å². The molecular formula is C23H22N10O2. The molecule has 5 aromatic heterocycles. The van der Waals surface area contributed by atoms with Gasteiger partial charge in [-0.1, -0.05) is 0 Å². The highest BCUT2D eigenvalue weighted by atomic mass is 16.2. The van der Waals surface area contributed by atoms with E-state index in [2.05, 4.69) is 40.4 Å². The van der Waals surface area contributed by atoms with Crippen LogP contribution in [0, 0.1) is 0 Å². The zero-order valence-corrected chi connectivity index (χ0v) is 19.5. The summed E-state index contributed by atoms with van der Waals surface area (Å²) in [5.41, 5.74) is 4.68. The third-order valence-electron chi connectivity index (χ3n) is 5.40. The summed E-state index contributed by atoms with van der Waals surface area (Å²) in [6.45, 7) is 0. The van der Waals surface area contributed by atoms with Crippen molar-refractivity contribution in [2.45, 2.75) is 0 Å². The lowest BCUT2D eigenvalue weighted by molar-refractivity contribution is 0.0829. The molecule has 0 spiro atoms. The SMILES string of the molecule is CN(C)C(=O)Nc1cncc(-c2cnc3n[nH]c(-c4nc5nccc(C(=O)N(C)C)c5[nH]4)c3c2)c1. The predicted octanol–water partition coefficient (Wildman–Crippen LogP) is 2.75. The minimum atomic E-state index is -0.250. The number of amides is 3. The van der Waals surface area contributed by atoms with Crippen LogP contribution in [0.3, 0.4) is 0 Å². The van der Waals surface area contributed by atoms with E-state index < -0.39 is 0 Å². The molecule has 0 fully saturated rings. The summed E-state index contributed by atoms with van der Waals surface area (Å²) in [6, 6.07) is 5.15. The van der Waals surface area contributed by atoms with Crippen LogP contribution >= 0.6 is 0 Å². The molecule has 5 aromatic rings. The van der Waals surface area contributed by atoms with E-state index in [-0.39, 0.29) is 11.9 Å². The van der Waals surface area contributed by atoms with Gasteiger partial charge in [-0.15, -0.1) is 0 Å². The molecule has 0 aliphatic rings. The van der Waals surface area contributed by atoms with Gasteiger partial charge in [-0.2, -0.15) is 5.10 Å². The number of anilines is 1. The summed E-state index contributed by atoms with van der Waals surface area (Å²) >= 11 is 0. The van der Waals surface area contributed by atoms with Crippen molar-refractivity contribution in [3.8, 4) is 22.6 Å². The summed E-state index contributed by atoms with van der Waals surface area (Å²) in [5.74, 6) is 0.331. The van der Waals surface area contributed by atoms with E-state index in [4.69, 9.17) is 0 Å². The standard InChI is InChI=1S/C23H22N10O2/c1-32(2)22(34)15-5-6-25-20-17(15)28-21(29-20)18-16-8-13(10-26-19(16)31-30-18)12-7-14(11-24-9-12)27-23(35)33(3)4/h5-11H,1-4H3,(H,27,35)(H,25,28,29)(H,26,30,31). The first-order valence-electron chi connectivity index (χ1n) is 10.7. The Kier molecular flexibility index (Phi) is 5.32. The van der Waals surface area contributed by atoms with Gasteiger partial charge in [-0.25, -0.2) is 19.7 Å². The van der Waals surface area contributed by atoms with Crippen LogP contribution in [0.5, 0.6) is 0 Å². The number of imidazole rings is 1. The van der Waals surface area contributed by atoms with Gasteiger partial charge in [0.1, 0.15) is 5.69 Å². The van der Waals surface area contributed by atoms with Gasteiger partial charge in [-0.3, -0.25) is 14.9 Å². The van der Waals surface area contributed by atoms with E-state index in [1.807, 2.05) is 12.1 Å². The molecule has 35 heavy (non-hydrogen) atoms. The Morgan fingerprint density at radius 1 is 0.943 bits per heavy atom. The summed E-state index contributed by atoms with van der Waals surface area (Å²) in [6.07, 6.45) is 6.52. The third-order valence-corrected chi connectivity index (χ3v) is 5.40. The summed E-state index contributed by atoms with van der Waals surface area (Å²) in [5, 5.41) is 10.8. The molecule has 0 aliphatic carbocycles. The largest absolute Gasteiger partial charge is 0.345 e. The number of hydrogen-bond donors (Lipinski definition) is 3. The highest BCUT2D eigenvalue weighted by Gasteiger charge is 2.19. The first-order valence-corrected chi connectivity index (χ1v) is 10.7. The lowest BCUT2D eigenvalue weighted by atomic mass is 10.1. The monoisotopic (exact) mass is 470 g/mol. The van der Waals surface area contributed by atoms with Crippen molar-refractivity contribution in [2.24, 2.45) is 0 Å². The topological polar surface area (TPSA) is 149 Å². The van der Waals surface area contributed by atoms with Crippen molar-refractivity contribution < 1.29 is 9.59 Å². The molecule has 0 saturated carbocycles. The molecule has 5 heterocycles. The number of carbonyl (C=O) groups is 2. The van der Waals surface area contributed by atoms with Gasteiger partial charge in [0.15, 0.2) is 17.1 Å². The van der Waals surface area contributed by atoms with E-state index in [0.29, 0.717) is 39.6 Å². The maximum Gasteiger partial charge on any atom is 0.321 e. The number of rotatable bonds is 4. The lowest BCUT2D eigenvalue weighted by Crippen LogP contribution is -2.27. The molecule has 0 atom stereocenters. The Balaban J connectivity index is 1.56. The van der Waals surface area contributed by atoms with Gasteiger partial charge in [0, 0.05) is 57.9 Å². The molecule has 0 aromatic carbocycles. The summed E-state index contributed by atoms with van der Waals surface area (Å²) < 4.78 is 0. The maximum absolute atomic E-state index is 12.6. The molecule has 0 radical (unpaired) electrons. The van der Waals surface area contributed by atoms with E-state index in [1.54, 1.807) is 59.0 Å². The number of hydrogen-bond acceptors (Lipinski definition) is 7. The van der Waals surface area contributed by atoms with Gasteiger partial charge in [0.05, 0.1) is 28.4 Å². The van der Waals surface area contributed by atoms with Crippen molar-refractivity contribution in [3.63, 3.8) is 0 Å². The number of aromatic nitrogens is 7. The zero-order chi connectivity index (χ0) is 24.7. The molecule has 12 nitrogen and oxygen atoms in total. The number of carbonyl (C=O) groups excluding carboxylic acids is 2. The number of nitrogens with zero attached hydrogens (tertiary/aromatic N) is 7. The Bertz CT molecular complexity index is 1580.